The molecule has 0 radical (unpaired) electrons. The first-order valence-electron chi connectivity index (χ1n) is 7.74. The van der Waals surface area contributed by atoms with Crippen LogP contribution in [0.25, 0.3) is 0 Å². The summed E-state index contributed by atoms with van der Waals surface area (Å²) in [5, 5.41) is 2.92. The van der Waals surface area contributed by atoms with E-state index in [0.717, 1.165) is 19.3 Å². The van der Waals surface area contributed by atoms with Crippen LogP contribution < -0.4 is 5.32 Å². The molecule has 0 saturated heterocycles. The van der Waals surface area contributed by atoms with E-state index >= 15 is 0 Å². The summed E-state index contributed by atoms with van der Waals surface area (Å²) < 4.78 is 18.0. The molecule has 1 fully saturated rings. The Labute approximate surface area is 130 Å². The Balaban J connectivity index is 1.72. The molecule has 1 aromatic rings. The largest absolute Gasteiger partial charge is 0.455 e. The fourth-order valence-electron chi connectivity index (χ4n) is 2.79. The number of carbonyl (C=O) groups is 2. The Bertz CT molecular complexity index is 532. The van der Waals surface area contributed by atoms with Crippen LogP contribution in [0.4, 0.5) is 4.39 Å². The van der Waals surface area contributed by atoms with Gasteiger partial charge in [-0.25, -0.2) is 4.39 Å². The van der Waals surface area contributed by atoms with Gasteiger partial charge in [-0.3, -0.25) is 9.59 Å². The molecule has 1 aliphatic carbocycles. The number of hydrogen-bond acceptors (Lipinski definition) is 3. The van der Waals surface area contributed by atoms with Crippen LogP contribution in [0.5, 0.6) is 0 Å². The second-order valence-electron chi connectivity index (χ2n) is 5.90. The van der Waals surface area contributed by atoms with Gasteiger partial charge in [0.2, 0.25) is 0 Å². The van der Waals surface area contributed by atoms with Gasteiger partial charge in [-0.05, 0) is 36.5 Å². The molecule has 0 aromatic heterocycles. The van der Waals surface area contributed by atoms with E-state index in [4.69, 9.17) is 4.74 Å². The van der Waals surface area contributed by atoms with Gasteiger partial charge in [-0.15, -0.1) is 0 Å². The second kappa shape index (κ2) is 7.92. The molecule has 0 heterocycles. The van der Waals surface area contributed by atoms with Gasteiger partial charge in [0.25, 0.3) is 5.91 Å². The highest BCUT2D eigenvalue weighted by Crippen LogP contribution is 2.23. The van der Waals surface area contributed by atoms with E-state index in [1.54, 1.807) is 6.07 Å². The van der Waals surface area contributed by atoms with Crippen molar-refractivity contribution in [3.05, 3.63) is 35.6 Å². The van der Waals surface area contributed by atoms with Gasteiger partial charge in [-0.2, -0.15) is 0 Å². The fourth-order valence-corrected chi connectivity index (χ4v) is 2.79. The van der Waals surface area contributed by atoms with E-state index in [-0.39, 0.29) is 25.0 Å². The molecule has 1 N–H and O–H groups in total. The van der Waals surface area contributed by atoms with E-state index in [0.29, 0.717) is 11.5 Å². The van der Waals surface area contributed by atoms with Gasteiger partial charge in [0.05, 0.1) is 6.42 Å². The summed E-state index contributed by atoms with van der Waals surface area (Å²) in [5.41, 5.74) is 0.534. The van der Waals surface area contributed by atoms with Gasteiger partial charge in [0, 0.05) is 6.04 Å². The standard InChI is InChI=1S/C17H22FNO3/c1-12-5-2-3-8-15(12)19-16(20)11-22-17(21)10-13-6-4-7-14(18)9-13/h4,6-7,9,12,15H,2-3,5,8,10-11H2,1H3,(H,19,20)/t12-,15+/m1/s1. The second-order valence-corrected chi connectivity index (χ2v) is 5.90. The van der Waals surface area contributed by atoms with Crippen molar-refractivity contribution in [2.75, 3.05) is 6.61 Å². The van der Waals surface area contributed by atoms with Crippen LogP contribution in [-0.2, 0) is 20.7 Å². The van der Waals surface area contributed by atoms with Crippen LogP contribution >= 0.6 is 0 Å². The zero-order chi connectivity index (χ0) is 15.9. The third-order valence-electron chi connectivity index (χ3n) is 4.06. The van der Waals surface area contributed by atoms with Crippen LogP contribution in [0.15, 0.2) is 24.3 Å². The van der Waals surface area contributed by atoms with Gasteiger partial charge in [-0.1, -0.05) is 31.9 Å². The SMILES string of the molecule is C[C@@H]1CCCC[C@@H]1NC(=O)COC(=O)Cc1cccc(F)c1. The summed E-state index contributed by atoms with van der Waals surface area (Å²) in [5.74, 6) is -0.737. The van der Waals surface area contributed by atoms with Crippen molar-refractivity contribution in [2.45, 2.75) is 45.1 Å². The number of benzene rings is 1. The van der Waals surface area contributed by atoms with E-state index < -0.39 is 11.8 Å². The van der Waals surface area contributed by atoms with E-state index in [2.05, 4.69) is 12.2 Å². The summed E-state index contributed by atoms with van der Waals surface area (Å²) in [6.45, 7) is 1.84. The number of halogens is 1. The molecule has 2 rings (SSSR count). The summed E-state index contributed by atoms with van der Waals surface area (Å²) in [7, 11) is 0. The third-order valence-corrected chi connectivity index (χ3v) is 4.06. The average molecular weight is 307 g/mol. The predicted octanol–water partition coefficient (Wildman–Crippen LogP) is 2.61. The maximum Gasteiger partial charge on any atom is 0.310 e. The van der Waals surface area contributed by atoms with Crippen molar-refractivity contribution >= 4 is 11.9 Å². The molecular formula is C17H22FNO3. The molecule has 0 unspecified atom stereocenters. The van der Waals surface area contributed by atoms with Crippen molar-refractivity contribution in [1.29, 1.82) is 0 Å². The molecule has 120 valence electrons. The first kappa shape index (κ1) is 16.5. The fraction of sp³-hybridized carbons (Fsp3) is 0.529. The Morgan fingerprint density at radius 2 is 2.09 bits per heavy atom. The molecular weight excluding hydrogens is 285 g/mol. The highest BCUT2D eigenvalue weighted by Gasteiger charge is 2.23. The summed E-state index contributed by atoms with van der Waals surface area (Å²) in [4.78, 5) is 23.5. The van der Waals surface area contributed by atoms with Gasteiger partial charge in [0.15, 0.2) is 6.61 Å². The van der Waals surface area contributed by atoms with Crippen LogP contribution in [0.2, 0.25) is 0 Å². The molecule has 22 heavy (non-hydrogen) atoms. The highest BCUT2D eigenvalue weighted by atomic mass is 19.1. The zero-order valence-electron chi connectivity index (χ0n) is 12.8. The number of esters is 1. The van der Waals surface area contributed by atoms with Crippen molar-refractivity contribution < 1.29 is 18.7 Å². The van der Waals surface area contributed by atoms with E-state index in [9.17, 15) is 14.0 Å². The van der Waals surface area contributed by atoms with Crippen LogP contribution in [0, 0.1) is 11.7 Å². The number of hydrogen-bond donors (Lipinski definition) is 1. The van der Waals surface area contributed by atoms with E-state index in [1.807, 2.05) is 0 Å². The molecule has 0 bridgehead atoms. The number of carbonyl (C=O) groups excluding carboxylic acids is 2. The summed E-state index contributed by atoms with van der Waals surface area (Å²) >= 11 is 0. The molecule has 4 nitrogen and oxygen atoms in total. The molecule has 1 aromatic carbocycles. The van der Waals surface area contributed by atoms with E-state index in [1.165, 1.54) is 24.6 Å². The Morgan fingerprint density at radius 3 is 2.82 bits per heavy atom. The Kier molecular flexibility index (Phi) is 5.92. The molecule has 2 atom stereocenters. The average Bonchev–Trinajstić information content (AvgIpc) is 2.48. The normalized spacial score (nSPS) is 21.2. The van der Waals surface area contributed by atoms with Crippen LogP contribution in [0.3, 0.4) is 0 Å². The summed E-state index contributed by atoms with van der Waals surface area (Å²) in [6, 6.07) is 5.95. The molecule has 0 spiro atoms. The lowest BCUT2D eigenvalue weighted by atomic mass is 9.86. The number of amides is 1. The molecule has 1 aliphatic rings. The van der Waals surface area contributed by atoms with Crippen molar-refractivity contribution in [3.63, 3.8) is 0 Å². The third kappa shape index (κ3) is 5.13. The lowest BCUT2D eigenvalue weighted by Gasteiger charge is -2.29. The van der Waals surface area contributed by atoms with Crippen molar-refractivity contribution in [3.8, 4) is 0 Å². The van der Waals surface area contributed by atoms with Crippen molar-refractivity contribution in [2.24, 2.45) is 5.92 Å². The Morgan fingerprint density at radius 1 is 1.32 bits per heavy atom. The van der Waals surface area contributed by atoms with Crippen LogP contribution in [0.1, 0.15) is 38.2 Å². The maximum absolute atomic E-state index is 13.0. The minimum absolute atomic E-state index is 0.0368. The Hall–Kier alpha value is -1.91. The van der Waals surface area contributed by atoms with Gasteiger partial charge < -0.3 is 10.1 Å². The lowest BCUT2D eigenvalue weighted by Crippen LogP contribution is -2.42. The molecule has 1 saturated carbocycles. The first-order valence-corrected chi connectivity index (χ1v) is 7.74. The monoisotopic (exact) mass is 307 g/mol. The number of rotatable bonds is 5. The van der Waals surface area contributed by atoms with Crippen molar-refractivity contribution in [1.82, 2.24) is 5.32 Å². The lowest BCUT2D eigenvalue weighted by molar-refractivity contribution is -0.148. The minimum atomic E-state index is -0.530. The van der Waals surface area contributed by atoms with Gasteiger partial charge in [0.1, 0.15) is 5.82 Å². The minimum Gasteiger partial charge on any atom is -0.455 e. The topological polar surface area (TPSA) is 55.4 Å². The quantitative estimate of drug-likeness (QED) is 0.851. The predicted molar refractivity (Wildman–Crippen MR) is 80.6 cm³/mol. The molecule has 5 heteroatoms. The molecule has 0 aliphatic heterocycles. The highest BCUT2D eigenvalue weighted by molar-refractivity contribution is 5.81. The summed E-state index contributed by atoms with van der Waals surface area (Å²) in [6.07, 6.45) is 4.38. The zero-order valence-corrected chi connectivity index (χ0v) is 12.8. The van der Waals surface area contributed by atoms with Crippen LogP contribution in [-0.4, -0.2) is 24.5 Å². The maximum atomic E-state index is 13.0. The molecule has 1 amide bonds. The number of ether oxygens (including phenoxy) is 1. The number of nitrogens with one attached hydrogen (secondary N) is 1. The first-order chi connectivity index (χ1) is 10.5. The smallest absolute Gasteiger partial charge is 0.310 e. The van der Waals surface area contributed by atoms with Gasteiger partial charge >= 0.3 is 5.97 Å².